The van der Waals surface area contributed by atoms with Crippen molar-refractivity contribution >= 4 is 0 Å². The molecule has 0 nitrogen and oxygen atoms in total. The number of benzene rings is 3. The van der Waals surface area contributed by atoms with Gasteiger partial charge in [-0.25, -0.2) is 30.7 Å². The van der Waals surface area contributed by atoms with E-state index in [2.05, 4.69) is 0 Å². The summed E-state index contributed by atoms with van der Waals surface area (Å²) in [5.74, 6) is -12.7. The quantitative estimate of drug-likeness (QED) is 0.230. The normalized spacial score (nSPS) is 18.9. The first-order chi connectivity index (χ1) is 17.2. The monoisotopic (exact) mass is 508 g/mol. The Morgan fingerprint density at radius 2 is 1.31 bits per heavy atom. The predicted molar refractivity (Wildman–Crippen MR) is 126 cm³/mol. The lowest BCUT2D eigenvalue weighted by Crippen LogP contribution is -2.27. The van der Waals surface area contributed by atoms with E-state index in [-0.39, 0.29) is 23.8 Å². The van der Waals surface area contributed by atoms with Gasteiger partial charge in [0.25, 0.3) is 0 Å². The molecule has 0 spiro atoms. The van der Waals surface area contributed by atoms with Gasteiger partial charge in [0, 0.05) is 11.1 Å². The van der Waals surface area contributed by atoms with Crippen molar-refractivity contribution in [3.63, 3.8) is 0 Å². The van der Waals surface area contributed by atoms with Crippen LogP contribution in [0, 0.1) is 52.6 Å². The van der Waals surface area contributed by atoms with Gasteiger partial charge in [0.2, 0.25) is 0 Å². The van der Waals surface area contributed by atoms with E-state index >= 15 is 22.0 Å². The molecule has 0 heterocycles. The van der Waals surface area contributed by atoms with Crippen molar-refractivity contribution in [1.82, 2.24) is 0 Å². The standard InChI is InChI=1S/C29H27F7/c1-3-15-10-8-9-13-18(15)17(4-2)22-26(33)28(35)23(29(36)27(22)34)19-14-20(30)21(25(32)24(19)31)16-11-6-5-7-12-16/h5-7,11-12,14-15,17-18H,3-4,8-10,13H2,1-2H3. The Labute approximate surface area is 206 Å². The van der Waals surface area contributed by atoms with E-state index < -0.39 is 68.9 Å². The molecule has 36 heavy (non-hydrogen) atoms. The summed E-state index contributed by atoms with van der Waals surface area (Å²) >= 11 is 0. The highest BCUT2D eigenvalue weighted by Gasteiger charge is 2.38. The van der Waals surface area contributed by atoms with Gasteiger partial charge < -0.3 is 0 Å². The Morgan fingerprint density at radius 1 is 0.722 bits per heavy atom. The second-order valence-electron chi connectivity index (χ2n) is 9.45. The summed E-state index contributed by atoms with van der Waals surface area (Å²) in [5.41, 5.74) is -4.15. The Morgan fingerprint density at radius 3 is 1.89 bits per heavy atom. The molecule has 7 heteroatoms. The van der Waals surface area contributed by atoms with Crippen LogP contribution in [0.4, 0.5) is 30.7 Å². The van der Waals surface area contributed by atoms with Crippen LogP contribution in [0.1, 0.15) is 63.9 Å². The zero-order valence-electron chi connectivity index (χ0n) is 20.1. The van der Waals surface area contributed by atoms with Crippen molar-refractivity contribution in [3.8, 4) is 22.3 Å². The van der Waals surface area contributed by atoms with Crippen molar-refractivity contribution in [2.45, 2.75) is 58.3 Å². The maximum Gasteiger partial charge on any atom is 0.170 e. The largest absolute Gasteiger partial charge is 0.206 e. The summed E-state index contributed by atoms with van der Waals surface area (Å²) in [4.78, 5) is 0. The van der Waals surface area contributed by atoms with Crippen LogP contribution in [0.5, 0.6) is 0 Å². The van der Waals surface area contributed by atoms with Gasteiger partial charge in [-0.2, -0.15) is 0 Å². The first-order valence-corrected chi connectivity index (χ1v) is 12.3. The number of halogens is 7. The van der Waals surface area contributed by atoms with Crippen molar-refractivity contribution in [2.24, 2.45) is 11.8 Å². The van der Waals surface area contributed by atoms with Gasteiger partial charge in [-0.05, 0) is 42.2 Å². The minimum atomic E-state index is -1.86. The Bertz CT molecular complexity index is 1220. The van der Waals surface area contributed by atoms with Crippen LogP contribution < -0.4 is 0 Å². The lowest BCUT2D eigenvalue weighted by Gasteiger charge is -2.37. The molecule has 3 aromatic rings. The molecule has 0 aliphatic heterocycles. The smallest absolute Gasteiger partial charge is 0.170 e. The summed E-state index contributed by atoms with van der Waals surface area (Å²) in [6, 6.07) is 7.56. The first kappa shape index (κ1) is 26.2. The van der Waals surface area contributed by atoms with E-state index in [1.54, 1.807) is 13.0 Å². The maximum atomic E-state index is 15.4. The minimum Gasteiger partial charge on any atom is -0.206 e. The molecule has 0 saturated heterocycles. The van der Waals surface area contributed by atoms with Gasteiger partial charge >= 0.3 is 0 Å². The highest BCUT2D eigenvalue weighted by Crippen LogP contribution is 2.47. The summed E-state index contributed by atoms with van der Waals surface area (Å²) < 4.78 is 106. The van der Waals surface area contributed by atoms with Gasteiger partial charge in [0.15, 0.2) is 34.9 Å². The van der Waals surface area contributed by atoms with Gasteiger partial charge in [-0.1, -0.05) is 69.9 Å². The highest BCUT2D eigenvalue weighted by molar-refractivity contribution is 5.73. The molecule has 1 aliphatic carbocycles. The molecule has 1 aliphatic rings. The summed E-state index contributed by atoms with van der Waals surface area (Å²) in [6.45, 7) is 3.67. The van der Waals surface area contributed by atoms with Crippen molar-refractivity contribution in [3.05, 3.63) is 82.7 Å². The molecule has 1 saturated carbocycles. The van der Waals surface area contributed by atoms with Crippen LogP contribution >= 0.6 is 0 Å². The van der Waals surface area contributed by atoms with Crippen LogP contribution in [0.2, 0.25) is 0 Å². The molecular weight excluding hydrogens is 481 g/mol. The van der Waals surface area contributed by atoms with Gasteiger partial charge in [0.05, 0.1) is 11.1 Å². The third-order valence-electron chi connectivity index (χ3n) is 7.61. The number of rotatable bonds is 6. The minimum absolute atomic E-state index is 0.00430. The molecule has 3 aromatic carbocycles. The molecule has 3 atom stereocenters. The third kappa shape index (κ3) is 4.41. The van der Waals surface area contributed by atoms with Crippen LogP contribution in [0.25, 0.3) is 22.3 Å². The average molecular weight is 509 g/mol. The van der Waals surface area contributed by atoms with Crippen LogP contribution in [0.3, 0.4) is 0 Å². The molecule has 192 valence electrons. The highest BCUT2D eigenvalue weighted by atomic mass is 19.2. The van der Waals surface area contributed by atoms with Crippen molar-refractivity contribution < 1.29 is 30.7 Å². The fraction of sp³-hybridized carbons (Fsp3) is 0.379. The molecule has 0 N–H and O–H groups in total. The second-order valence-corrected chi connectivity index (χ2v) is 9.45. The molecule has 4 rings (SSSR count). The summed E-state index contributed by atoms with van der Waals surface area (Å²) in [7, 11) is 0. The lowest BCUT2D eigenvalue weighted by atomic mass is 9.68. The van der Waals surface area contributed by atoms with Crippen molar-refractivity contribution in [2.75, 3.05) is 0 Å². The zero-order valence-corrected chi connectivity index (χ0v) is 20.1. The topological polar surface area (TPSA) is 0 Å². The Balaban J connectivity index is 1.88. The van der Waals surface area contributed by atoms with E-state index in [9.17, 15) is 8.78 Å². The summed E-state index contributed by atoms with van der Waals surface area (Å²) in [6.07, 6.45) is 4.38. The summed E-state index contributed by atoms with van der Waals surface area (Å²) in [5, 5.41) is 0. The SMILES string of the molecule is CCC1CCCCC1C(CC)c1c(F)c(F)c(-c2cc(F)c(-c3ccccc3)c(F)c2F)c(F)c1F. The van der Waals surface area contributed by atoms with Gasteiger partial charge in [-0.3, -0.25) is 0 Å². The molecule has 3 unspecified atom stereocenters. The average Bonchev–Trinajstić information content (AvgIpc) is 2.89. The van der Waals surface area contributed by atoms with E-state index in [0.717, 1.165) is 25.7 Å². The Kier molecular flexibility index (Phi) is 7.76. The molecule has 0 amide bonds. The van der Waals surface area contributed by atoms with Crippen LogP contribution in [-0.2, 0) is 0 Å². The molecule has 0 radical (unpaired) electrons. The van der Waals surface area contributed by atoms with Gasteiger partial charge in [-0.15, -0.1) is 0 Å². The zero-order chi connectivity index (χ0) is 26.1. The van der Waals surface area contributed by atoms with E-state index in [1.165, 1.54) is 24.3 Å². The van der Waals surface area contributed by atoms with Gasteiger partial charge in [0.1, 0.15) is 5.82 Å². The first-order valence-electron chi connectivity index (χ1n) is 12.3. The van der Waals surface area contributed by atoms with Crippen LogP contribution in [-0.4, -0.2) is 0 Å². The van der Waals surface area contributed by atoms with E-state index in [0.29, 0.717) is 12.5 Å². The molecule has 0 bridgehead atoms. The fourth-order valence-electron chi connectivity index (χ4n) is 5.85. The molecular formula is C29H27F7. The predicted octanol–water partition coefficient (Wildman–Crippen LogP) is 9.70. The number of hydrogen-bond donors (Lipinski definition) is 0. The Hall–Kier alpha value is -2.83. The maximum absolute atomic E-state index is 15.4. The lowest BCUT2D eigenvalue weighted by molar-refractivity contribution is 0.185. The number of hydrogen-bond acceptors (Lipinski definition) is 0. The fourth-order valence-corrected chi connectivity index (χ4v) is 5.85. The van der Waals surface area contributed by atoms with E-state index in [1.807, 2.05) is 6.92 Å². The third-order valence-corrected chi connectivity index (χ3v) is 7.61. The van der Waals surface area contributed by atoms with Crippen LogP contribution in [0.15, 0.2) is 36.4 Å². The second kappa shape index (κ2) is 10.7. The van der Waals surface area contributed by atoms with E-state index in [4.69, 9.17) is 0 Å². The molecule has 1 fully saturated rings. The molecule has 0 aromatic heterocycles. The van der Waals surface area contributed by atoms with Crippen molar-refractivity contribution in [1.29, 1.82) is 0 Å².